The van der Waals surface area contributed by atoms with E-state index in [0.29, 0.717) is 6.54 Å². The molecule has 7 heteroatoms. The quantitative estimate of drug-likeness (QED) is 0.157. The normalized spacial score (nSPS) is 12.3. The van der Waals surface area contributed by atoms with Crippen molar-refractivity contribution in [3.8, 4) is 0 Å². The van der Waals surface area contributed by atoms with Gasteiger partial charge < -0.3 is 20.2 Å². The summed E-state index contributed by atoms with van der Waals surface area (Å²) < 4.78 is 5.33. The summed E-state index contributed by atoms with van der Waals surface area (Å²) in [5.41, 5.74) is 0. The van der Waals surface area contributed by atoms with Gasteiger partial charge in [0, 0.05) is 30.2 Å². The van der Waals surface area contributed by atoms with Crippen LogP contribution in [0.25, 0.3) is 0 Å². The van der Waals surface area contributed by atoms with E-state index in [1.165, 1.54) is 4.90 Å². The molecule has 1 aromatic carbocycles. The van der Waals surface area contributed by atoms with Gasteiger partial charge in [-0.05, 0) is 30.7 Å². The minimum atomic E-state index is 0. The molecular formula is C19H28IN3O2S. The largest absolute Gasteiger partial charge is 0.469 e. The highest BCUT2D eigenvalue weighted by Gasteiger charge is 2.07. The van der Waals surface area contributed by atoms with Gasteiger partial charge in [-0.3, -0.25) is 4.99 Å². The Balaban J connectivity index is 0.00000338. The molecule has 0 amide bonds. The lowest BCUT2D eigenvalue weighted by molar-refractivity contribution is 0.252. The molecule has 1 heterocycles. The summed E-state index contributed by atoms with van der Waals surface area (Å²) in [5.74, 6) is 2.61. The van der Waals surface area contributed by atoms with Crippen molar-refractivity contribution >= 4 is 41.7 Å². The van der Waals surface area contributed by atoms with E-state index >= 15 is 0 Å². The highest BCUT2D eigenvalue weighted by molar-refractivity contribution is 14.0. The molecule has 0 aliphatic rings. The molecule has 26 heavy (non-hydrogen) atoms. The summed E-state index contributed by atoms with van der Waals surface area (Å²) >= 11 is 1.81. The number of aliphatic hydroxyl groups is 1. The molecule has 0 aliphatic heterocycles. The fourth-order valence-electron chi connectivity index (χ4n) is 2.21. The number of rotatable bonds is 10. The number of thioether (sulfide) groups is 1. The first-order valence-corrected chi connectivity index (χ1v) is 9.66. The van der Waals surface area contributed by atoms with Crippen molar-refractivity contribution in [2.24, 2.45) is 4.99 Å². The maximum absolute atomic E-state index is 9.41. The van der Waals surface area contributed by atoms with Crippen molar-refractivity contribution in [1.29, 1.82) is 0 Å². The van der Waals surface area contributed by atoms with Crippen molar-refractivity contribution in [1.82, 2.24) is 10.6 Å². The molecule has 0 spiro atoms. The third kappa shape index (κ3) is 8.95. The predicted molar refractivity (Wildman–Crippen MR) is 120 cm³/mol. The van der Waals surface area contributed by atoms with Gasteiger partial charge >= 0.3 is 0 Å². The minimum absolute atomic E-state index is 0. The molecule has 5 nitrogen and oxygen atoms in total. The Morgan fingerprint density at radius 2 is 2.04 bits per heavy atom. The fraction of sp³-hybridized carbons (Fsp3) is 0.421. The third-order valence-corrected chi connectivity index (χ3v) is 4.68. The molecule has 2 aromatic rings. The molecule has 0 aliphatic carbocycles. The zero-order chi connectivity index (χ0) is 17.7. The molecule has 2 rings (SSSR count). The third-order valence-electron chi connectivity index (χ3n) is 3.67. The average Bonchev–Trinajstić information content (AvgIpc) is 3.17. The number of halogens is 1. The highest BCUT2D eigenvalue weighted by atomic mass is 127. The molecule has 1 atom stereocenters. The van der Waals surface area contributed by atoms with E-state index in [2.05, 4.69) is 27.8 Å². The number of aliphatic imine (C=N–C) groups is 1. The molecule has 0 saturated heterocycles. The number of aliphatic hydroxyl groups excluding tert-OH is 1. The molecule has 0 bridgehead atoms. The van der Waals surface area contributed by atoms with Crippen molar-refractivity contribution in [3.63, 3.8) is 0 Å². The number of hydrogen-bond donors (Lipinski definition) is 3. The number of guanidine groups is 1. The molecule has 0 unspecified atom stereocenters. The Morgan fingerprint density at radius 3 is 2.69 bits per heavy atom. The summed E-state index contributed by atoms with van der Waals surface area (Å²) in [6.45, 7) is 3.57. The summed E-state index contributed by atoms with van der Waals surface area (Å²) in [7, 11) is 0. The second-order valence-electron chi connectivity index (χ2n) is 5.58. The lowest BCUT2D eigenvalue weighted by Gasteiger charge is -2.18. The van der Waals surface area contributed by atoms with Crippen molar-refractivity contribution < 1.29 is 9.52 Å². The van der Waals surface area contributed by atoms with Crippen LogP contribution in [0.3, 0.4) is 0 Å². The summed E-state index contributed by atoms with van der Waals surface area (Å²) in [5, 5.41) is 16.0. The van der Waals surface area contributed by atoms with E-state index < -0.39 is 0 Å². The van der Waals surface area contributed by atoms with Gasteiger partial charge in [-0.25, -0.2) is 0 Å². The van der Waals surface area contributed by atoms with Crippen molar-refractivity contribution in [2.45, 2.75) is 30.7 Å². The average molecular weight is 489 g/mol. The number of benzene rings is 1. The lowest BCUT2D eigenvalue weighted by Crippen LogP contribution is -2.45. The Hall–Kier alpha value is -1.19. The summed E-state index contributed by atoms with van der Waals surface area (Å²) in [6.07, 6.45) is 3.28. The molecule has 0 radical (unpaired) electrons. The summed E-state index contributed by atoms with van der Waals surface area (Å²) in [6, 6.07) is 14.2. The maximum atomic E-state index is 9.41. The zero-order valence-electron chi connectivity index (χ0n) is 15.1. The Morgan fingerprint density at radius 1 is 1.23 bits per heavy atom. The zero-order valence-corrected chi connectivity index (χ0v) is 18.2. The van der Waals surface area contributed by atoms with Gasteiger partial charge in [0.25, 0.3) is 0 Å². The van der Waals surface area contributed by atoms with Crippen LogP contribution in [0, 0.1) is 0 Å². The fourth-order valence-corrected chi connectivity index (χ4v) is 3.00. The van der Waals surface area contributed by atoms with Gasteiger partial charge in [0.15, 0.2) is 5.96 Å². The SMILES string of the molecule is CC[C@H](CO)NC(=NCCc1ccco1)NCCSc1ccccc1.I. The number of nitrogens with zero attached hydrogens (tertiary/aromatic N) is 1. The van der Waals surface area contributed by atoms with E-state index in [1.807, 2.05) is 37.3 Å². The van der Waals surface area contributed by atoms with Gasteiger partial charge in [0.2, 0.25) is 0 Å². The van der Waals surface area contributed by atoms with Crippen molar-refractivity contribution in [2.75, 3.05) is 25.4 Å². The van der Waals surface area contributed by atoms with E-state index in [4.69, 9.17) is 4.42 Å². The van der Waals surface area contributed by atoms with Crippen LogP contribution in [0.1, 0.15) is 19.1 Å². The van der Waals surface area contributed by atoms with Crippen LogP contribution in [-0.4, -0.2) is 42.6 Å². The maximum Gasteiger partial charge on any atom is 0.191 e. The molecule has 1 aromatic heterocycles. The van der Waals surface area contributed by atoms with E-state index in [1.54, 1.807) is 18.0 Å². The minimum Gasteiger partial charge on any atom is -0.469 e. The Labute approximate surface area is 177 Å². The highest BCUT2D eigenvalue weighted by Crippen LogP contribution is 2.15. The van der Waals surface area contributed by atoms with E-state index in [0.717, 1.165) is 36.9 Å². The Bertz CT molecular complexity index is 605. The van der Waals surface area contributed by atoms with Gasteiger partial charge in [0.1, 0.15) is 5.76 Å². The summed E-state index contributed by atoms with van der Waals surface area (Å²) in [4.78, 5) is 5.85. The molecular weight excluding hydrogens is 461 g/mol. The second-order valence-corrected chi connectivity index (χ2v) is 6.75. The van der Waals surface area contributed by atoms with Gasteiger partial charge in [-0.1, -0.05) is 25.1 Å². The van der Waals surface area contributed by atoms with Gasteiger partial charge in [-0.2, -0.15) is 0 Å². The standard InChI is InChI=1S/C19H27N3O2S.HI/c1-2-16(15-23)22-19(20-11-10-17-7-6-13-24-17)21-12-14-25-18-8-4-3-5-9-18;/h3-9,13,16,23H,2,10-12,14-15H2,1H3,(H2,20,21,22);1H/t16-;/m1./s1. The molecule has 3 N–H and O–H groups in total. The molecule has 144 valence electrons. The number of furan rings is 1. The topological polar surface area (TPSA) is 69.8 Å². The Kier molecular flexibility index (Phi) is 12.3. The predicted octanol–water partition coefficient (Wildman–Crippen LogP) is 3.54. The lowest BCUT2D eigenvalue weighted by atomic mass is 10.2. The van der Waals surface area contributed by atoms with Gasteiger partial charge in [0.05, 0.1) is 18.9 Å². The monoisotopic (exact) mass is 489 g/mol. The number of hydrogen-bond acceptors (Lipinski definition) is 4. The van der Waals surface area contributed by atoms with Crippen LogP contribution in [0.5, 0.6) is 0 Å². The first-order valence-electron chi connectivity index (χ1n) is 8.67. The molecule has 0 fully saturated rings. The van der Waals surface area contributed by atoms with Crippen LogP contribution in [0.15, 0.2) is 63.0 Å². The van der Waals surface area contributed by atoms with Crippen molar-refractivity contribution in [3.05, 3.63) is 54.5 Å². The first kappa shape index (κ1) is 22.9. The van der Waals surface area contributed by atoms with Gasteiger partial charge in [-0.15, -0.1) is 35.7 Å². The first-order chi connectivity index (χ1) is 12.3. The van der Waals surface area contributed by atoms with Crippen LogP contribution < -0.4 is 10.6 Å². The smallest absolute Gasteiger partial charge is 0.191 e. The van der Waals surface area contributed by atoms with Crippen LogP contribution in [-0.2, 0) is 6.42 Å². The molecule has 0 saturated carbocycles. The van der Waals surface area contributed by atoms with E-state index in [-0.39, 0.29) is 36.6 Å². The van der Waals surface area contributed by atoms with Crippen LogP contribution >= 0.6 is 35.7 Å². The van der Waals surface area contributed by atoms with Crippen LogP contribution in [0.2, 0.25) is 0 Å². The number of nitrogens with one attached hydrogen (secondary N) is 2. The van der Waals surface area contributed by atoms with Crippen LogP contribution in [0.4, 0.5) is 0 Å². The second kappa shape index (κ2) is 13.9. The van der Waals surface area contributed by atoms with E-state index in [9.17, 15) is 5.11 Å².